The minimum absolute atomic E-state index is 0.101. The minimum atomic E-state index is 0.101. The van der Waals surface area contributed by atoms with Gasteiger partial charge in [0.25, 0.3) is 0 Å². The molecule has 0 N–H and O–H groups in total. The number of ketones is 1. The topological polar surface area (TPSA) is 34.9 Å². The zero-order chi connectivity index (χ0) is 13.0. The second-order valence-corrected chi connectivity index (χ2v) is 4.74. The van der Waals surface area contributed by atoms with Crippen LogP contribution in [0.4, 0.5) is 0 Å². The van der Waals surface area contributed by atoms with Crippen molar-refractivity contribution in [3.63, 3.8) is 0 Å². The van der Waals surface area contributed by atoms with Crippen molar-refractivity contribution < 1.29 is 4.79 Å². The molecule has 0 bridgehead atoms. The van der Waals surface area contributed by atoms with Crippen molar-refractivity contribution in [2.24, 2.45) is 0 Å². The first kappa shape index (κ1) is 10.5. The van der Waals surface area contributed by atoms with Crippen LogP contribution in [0.1, 0.15) is 22.8 Å². The number of fused-ring (bicyclic) bond motifs is 2. The highest BCUT2D eigenvalue weighted by Crippen LogP contribution is 2.39. The van der Waals surface area contributed by atoms with Crippen LogP contribution in [0.5, 0.6) is 0 Å². The summed E-state index contributed by atoms with van der Waals surface area (Å²) in [6, 6.07) is 13.5. The molecule has 2 aromatic carbocycles. The molecule has 0 amide bonds. The lowest BCUT2D eigenvalue weighted by atomic mass is 9.87. The molecule has 3 aromatic rings. The Balaban J connectivity index is 2.26. The number of rotatable bonds is 1. The van der Waals surface area contributed by atoms with E-state index < -0.39 is 0 Å². The van der Waals surface area contributed by atoms with Crippen molar-refractivity contribution in [1.82, 2.24) is 9.78 Å². The smallest absolute Gasteiger partial charge is 0.194 e. The van der Waals surface area contributed by atoms with Gasteiger partial charge in [-0.15, -0.1) is 0 Å². The van der Waals surface area contributed by atoms with Gasteiger partial charge in [0, 0.05) is 28.6 Å². The lowest BCUT2D eigenvalue weighted by Gasteiger charge is -2.16. The van der Waals surface area contributed by atoms with E-state index in [0.29, 0.717) is 0 Å². The molecule has 0 radical (unpaired) electrons. The summed E-state index contributed by atoms with van der Waals surface area (Å²) in [5.41, 5.74) is 4.51. The maximum absolute atomic E-state index is 12.6. The Hall–Kier alpha value is -2.42. The number of benzene rings is 2. The Kier molecular flexibility index (Phi) is 1.96. The van der Waals surface area contributed by atoms with E-state index in [1.165, 1.54) is 0 Å². The molecule has 1 aliphatic rings. The number of aromatic nitrogens is 2. The number of carbonyl (C=O) groups is 1. The minimum Gasteiger partial charge on any atom is -0.289 e. The van der Waals surface area contributed by atoms with Gasteiger partial charge in [-0.05, 0) is 13.0 Å². The summed E-state index contributed by atoms with van der Waals surface area (Å²) in [5, 5.41) is 5.59. The van der Waals surface area contributed by atoms with Crippen LogP contribution < -0.4 is 0 Å². The van der Waals surface area contributed by atoms with Gasteiger partial charge in [-0.2, -0.15) is 5.10 Å². The molecule has 0 atom stereocenters. The fraction of sp³-hybridized carbons (Fsp3) is 0.125. The van der Waals surface area contributed by atoms with Crippen molar-refractivity contribution >= 4 is 16.7 Å². The number of carbonyl (C=O) groups excluding carboxylic acids is 1. The summed E-state index contributed by atoms with van der Waals surface area (Å²) in [7, 11) is 0. The second kappa shape index (κ2) is 3.54. The fourth-order valence-corrected chi connectivity index (χ4v) is 2.91. The molecule has 0 saturated heterocycles. The number of hydrogen-bond donors (Lipinski definition) is 0. The van der Waals surface area contributed by atoms with Crippen molar-refractivity contribution in [3.8, 4) is 11.3 Å². The summed E-state index contributed by atoms with van der Waals surface area (Å²) in [4.78, 5) is 12.6. The Labute approximate surface area is 110 Å². The molecule has 0 fully saturated rings. The first-order chi connectivity index (χ1) is 9.31. The highest BCUT2D eigenvalue weighted by molar-refractivity contribution is 6.25. The van der Waals surface area contributed by atoms with Gasteiger partial charge in [0.05, 0.1) is 11.2 Å². The maximum Gasteiger partial charge on any atom is 0.194 e. The largest absolute Gasteiger partial charge is 0.289 e. The third-order valence-electron chi connectivity index (χ3n) is 3.74. The number of aryl methyl sites for hydroxylation is 1. The molecule has 1 heterocycles. The zero-order valence-corrected chi connectivity index (χ0v) is 10.6. The van der Waals surface area contributed by atoms with E-state index in [1.54, 1.807) is 0 Å². The van der Waals surface area contributed by atoms with Gasteiger partial charge >= 0.3 is 0 Å². The fourth-order valence-electron chi connectivity index (χ4n) is 2.91. The van der Waals surface area contributed by atoms with Gasteiger partial charge in [0.2, 0.25) is 0 Å². The van der Waals surface area contributed by atoms with Gasteiger partial charge in [-0.25, -0.2) is 0 Å². The van der Waals surface area contributed by atoms with Crippen molar-refractivity contribution in [2.45, 2.75) is 13.5 Å². The maximum atomic E-state index is 12.6. The van der Waals surface area contributed by atoms with Crippen LogP contribution in [0.25, 0.3) is 22.2 Å². The molecule has 4 rings (SSSR count). The SMILES string of the molecule is CCn1nc2cccc3c2c1-c1ccccc1C3=O. The lowest BCUT2D eigenvalue weighted by Crippen LogP contribution is -2.11. The summed E-state index contributed by atoms with van der Waals surface area (Å²) in [5.74, 6) is 0.101. The summed E-state index contributed by atoms with van der Waals surface area (Å²) in [6.45, 7) is 2.87. The van der Waals surface area contributed by atoms with Crippen LogP contribution in [0, 0.1) is 0 Å². The summed E-state index contributed by atoms with van der Waals surface area (Å²) in [6.07, 6.45) is 0. The average Bonchev–Trinajstić information content (AvgIpc) is 2.84. The predicted octanol–water partition coefficient (Wildman–Crippen LogP) is 3.27. The van der Waals surface area contributed by atoms with Crippen LogP contribution >= 0.6 is 0 Å². The first-order valence-corrected chi connectivity index (χ1v) is 6.45. The first-order valence-electron chi connectivity index (χ1n) is 6.45. The molecule has 92 valence electrons. The molecule has 19 heavy (non-hydrogen) atoms. The standard InChI is InChI=1S/C16H12N2O/c1-2-18-15-10-6-3-4-7-11(10)16(19)12-8-5-9-13(17-18)14(12)15/h3-9H,2H2,1H3. The van der Waals surface area contributed by atoms with E-state index in [0.717, 1.165) is 39.8 Å². The second-order valence-electron chi connectivity index (χ2n) is 4.74. The van der Waals surface area contributed by atoms with E-state index in [-0.39, 0.29) is 5.78 Å². The average molecular weight is 248 g/mol. The molecule has 1 aromatic heterocycles. The lowest BCUT2D eigenvalue weighted by molar-refractivity contribution is 0.104. The molecule has 0 spiro atoms. The van der Waals surface area contributed by atoms with Gasteiger partial charge in [-0.1, -0.05) is 36.4 Å². The normalized spacial score (nSPS) is 12.8. The van der Waals surface area contributed by atoms with Crippen molar-refractivity contribution in [3.05, 3.63) is 53.6 Å². The van der Waals surface area contributed by atoms with E-state index in [4.69, 9.17) is 0 Å². The Morgan fingerprint density at radius 2 is 1.74 bits per heavy atom. The quantitative estimate of drug-likeness (QED) is 0.518. The van der Waals surface area contributed by atoms with E-state index in [1.807, 2.05) is 47.1 Å². The monoisotopic (exact) mass is 248 g/mol. The van der Waals surface area contributed by atoms with E-state index in [9.17, 15) is 4.79 Å². The van der Waals surface area contributed by atoms with E-state index >= 15 is 0 Å². The molecule has 0 saturated carbocycles. The van der Waals surface area contributed by atoms with Gasteiger partial charge < -0.3 is 0 Å². The van der Waals surface area contributed by atoms with Crippen LogP contribution in [0.3, 0.4) is 0 Å². The third-order valence-corrected chi connectivity index (χ3v) is 3.74. The highest BCUT2D eigenvalue weighted by atomic mass is 16.1. The van der Waals surface area contributed by atoms with Gasteiger partial charge in [0.15, 0.2) is 5.78 Å². The third kappa shape index (κ3) is 1.22. The Morgan fingerprint density at radius 1 is 1.00 bits per heavy atom. The summed E-state index contributed by atoms with van der Waals surface area (Å²) < 4.78 is 1.99. The van der Waals surface area contributed by atoms with Gasteiger partial charge in [0.1, 0.15) is 0 Å². The molecule has 0 aliphatic heterocycles. The summed E-state index contributed by atoms with van der Waals surface area (Å²) >= 11 is 0. The zero-order valence-electron chi connectivity index (χ0n) is 10.6. The number of hydrogen-bond acceptors (Lipinski definition) is 2. The van der Waals surface area contributed by atoms with Crippen LogP contribution in [-0.4, -0.2) is 15.6 Å². The van der Waals surface area contributed by atoms with Crippen molar-refractivity contribution in [1.29, 1.82) is 0 Å². The predicted molar refractivity (Wildman–Crippen MR) is 74.3 cm³/mol. The molecule has 0 unspecified atom stereocenters. The molecule has 3 nitrogen and oxygen atoms in total. The Bertz CT molecular complexity index is 830. The van der Waals surface area contributed by atoms with Crippen LogP contribution in [0.2, 0.25) is 0 Å². The molecule has 1 aliphatic carbocycles. The van der Waals surface area contributed by atoms with E-state index in [2.05, 4.69) is 12.0 Å². The number of nitrogens with zero attached hydrogens (tertiary/aromatic N) is 2. The Morgan fingerprint density at radius 3 is 2.53 bits per heavy atom. The van der Waals surface area contributed by atoms with Crippen molar-refractivity contribution in [2.75, 3.05) is 0 Å². The molecular weight excluding hydrogens is 236 g/mol. The van der Waals surface area contributed by atoms with Gasteiger partial charge in [-0.3, -0.25) is 9.48 Å². The highest BCUT2D eigenvalue weighted by Gasteiger charge is 2.28. The molecule has 3 heteroatoms. The molecular formula is C16H12N2O. The van der Waals surface area contributed by atoms with Crippen LogP contribution in [0.15, 0.2) is 42.5 Å². The van der Waals surface area contributed by atoms with Crippen LogP contribution in [-0.2, 0) is 6.54 Å².